The number of alkyl halides is 3. The molecule has 0 unspecified atom stereocenters. The van der Waals surface area contributed by atoms with Gasteiger partial charge in [0.2, 0.25) is 0 Å². The third-order valence-corrected chi connectivity index (χ3v) is 5.54. The van der Waals surface area contributed by atoms with Gasteiger partial charge in [-0.2, -0.15) is 13.2 Å². The molecule has 2 aromatic rings. The molecule has 0 saturated carbocycles. The molecule has 2 saturated heterocycles. The number of cyclic esters (lactones) is 1. The molecule has 3 heterocycles. The first-order chi connectivity index (χ1) is 15.7. The van der Waals surface area contributed by atoms with E-state index in [1.165, 1.54) is 16.0 Å². The highest BCUT2D eigenvalue weighted by molar-refractivity contribution is 5.95. The number of hydrogen-bond donors (Lipinski definition) is 1. The van der Waals surface area contributed by atoms with Crippen molar-refractivity contribution in [1.29, 1.82) is 0 Å². The number of nitrogens with zero attached hydrogens (tertiary/aromatic N) is 4. The number of carbonyl (C=O) groups excluding carboxylic acids is 2. The molecule has 1 aromatic carbocycles. The Morgan fingerprint density at radius 1 is 1.15 bits per heavy atom. The highest BCUT2D eigenvalue weighted by Crippen LogP contribution is 2.31. The first kappa shape index (κ1) is 22.8. The number of amides is 2. The Bertz CT molecular complexity index is 1040. The van der Waals surface area contributed by atoms with Gasteiger partial charge in [-0.1, -0.05) is 0 Å². The van der Waals surface area contributed by atoms with E-state index in [1.807, 2.05) is 4.90 Å². The van der Waals surface area contributed by atoms with Gasteiger partial charge < -0.3 is 19.6 Å². The van der Waals surface area contributed by atoms with Crippen molar-refractivity contribution in [3.8, 4) is 0 Å². The number of rotatable bonds is 4. The van der Waals surface area contributed by atoms with Crippen LogP contribution in [-0.4, -0.2) is 72.4 Å². The molecular formula is C21H20F4N4O4. The average molecular weight is 468 g/mol. The quantitative estimate of drug-likeness (QED) is 0.695. The zero-order chi connectivity index (χ0) is 23.8. The number of pyridine rings is 1. The number of hydrogen-bond acceptors (Lipinski definition) is 6. The molecule has 12 heteroatoms. The van der Waals surface area contributed by atoms with Crippen molar-refractivity contribution in [3.63, 3.8) is 0 Å². The summed E-state index contributed by atoms with van der Waals surface area (Å²) in [6, 6.07) is 5.16. The molecule has 2 aliphatic rings. The fourth-order valence-corrected chi connectivity index (χ4v) is 3.73. The van der Waals surface area contributed by atoms with E-state index in [2.05, 4.69) is 4.98 Å². The second-order valence-corrected chi connectivity index (χ2v) is 7.65. The third kappa shape index (κ3) is 4.70. The number of halogens is 4. The summed E-state index contributed by atoms with van der Waals surface area (Å²) in [5, 5.41) is 9.14. The van der Waals surface area contributed by atoms with Crippen molar-refractivity contribution >= 4 is 23.5 Å². The molecule has 2 amide bonds. The van der Waals surface area contributed by atoms with Crippen LogP contribution in [0.3, 0.4) is 0 Å². The molecule has 1 N–H and O–H groups in total. The minimum absolute atomic E-state index is 0.175. The second kappa shape index (κ2) is 8.85. The van der Waals surface area contributed by atoms with E-state index in [1.54, 1.807) is 12.1 Å². The summed E-state index contributed by atoms with van der Waals surface area (Å²) in [6.45, 7) is 0.974. The monoisotopic (exact) mass is 468 g/mol. The molecular weight excluding hydrogens is 448 g/mol. The van der Waals surface area contributed by atoms with E-state index in [4.69, 9.17) is 9.84 Å². The van der Waals surface area contributed by atoms with Gasteiger partial charge in [0.15, 0.2) is 0 Å². The number of aliphatic hydroxyl groups excluding tert-OH is 1. The van der Waals surface area contributed by atoms with E-state index in [9.17, 15) is 27.2 Å². The normalized spacial score (nSPS) is 19.1. The lowest BCUT2D eigenvalue weighted by atomic mass is 10.1. The Morgan fingerprint density at radius 2 is 1.88 bits per heavy atom. The summed E-state index contributed by atoms with van der Waals surface area (Å²) in [5.41, 5.74) is -1.18. The molecule has 1 atom stereocenters. The standard InChI is InChI=1S/C21H20F4N4O4/c22-17-3-1-13(21(23,24)25)9-16(17)19(31)28-7-5-27(6-8-28)18-4-2-14(10-26-18)29-11-15(12-30)33-20(29)32/h1-4,9-10,15,30H,5-8,11-12H2/t15-/m1/s1. The van der Waals surface area contributed by atoms with Crippen LogP contribution in [0.1, 0.15) is 15.9 Å². The van der Waals surface area contributed by atoms with Gasteiger partial charge in [-0.25, -0.2) is 14.2 Å². The summed E-state index contributed by atoms with van der Waals surface area (Å²) >= 11 is 0. The van der Waals surface area contributed by atoms with Crippen molar-refractivity contribution in [1.82, 2.24) is 9.88 Å². The Kier molecular flexibility index (Phi) is 6.11. The van der Waals surface area contributed by atoms with Gasteiger partial charge >= 0.3 is 12.3 Å². The molecule has 2 fully saturated rings. The van der Waals surface area contributed by atoms with E-state index in [0.717, 1.165) is 0 Å². The molecule has 8 nitrogen and oxygen atoms in total. The maximum atomic E-state index is 14.1. The van der Waals surface area contributed by atoms with Crippen molar-refractivity contribution in [3.05, 3.63) is 53.5 Å². The Balaban J connectivity index is 1.39. The zero-order valence-corrected chi connectivity index (χ0v) is 17.3. The lowest BCUT2D eigenvalue weighted by molar-refractivity contribution is -0.137. The van der Waals surface area contributed by atoms with Crippen LogP contribution in [0.15, 0.2) is 36.5 Å². The summed E-state index contributed by atoms with van der Waals surface area (Å²) in [5.74, 6) is -1.22. The van der Waals surface area contributed by atoms with Gasteiger partial charge in [0.25, 0.3) is 5.91 Å². The molecule has 1 aromatic heterocycles. The van der Waals surface area contributed by atoms with Crippen molar-refractivity contribution in [2.45, 2.75) is 12.3 Å². The number of ether oxygens (including phenoxy) is 1. The SMILES string of the molecule is O=C(c1cc(C(F)(F)F)ccc1F)N1CCN(c2ccc(N3C[C@H](CO)OC3=O)cn2)CC1. The largest absolute Gasteiger partial charge is 0.441 e. The first-order valence-corrected chi connectivity index (χ1v) is 10.1. The van der Waals surface area contributed by atoms with Crippen LogP contribution in [0.4, 0.5) is 33.9 Å². The topological polar surface area (TPSA) is 86.2 Å². The third-order valence-electron chi connectivity index (χ3n) is 5.54. The lowest BCUT2D eigenvalue weighted by Gasteiger charge is -2.35. The van der Waals surface area contributed by atoms with Gasteiger partial charge in [-0.3, -0.25) is 9.69 Å². The Morgan fingerprint density at radius 3 is 2.45 bits per heavy atom. The van der Waals surface area contributed by atoms with Crippen LogP contribution >= 0.6 is 0 Å². The van der Waals surface area contributed by atoms with Gasteiger partial charge in [0.1, 0.15) is 17.7 Å². The van der Waals surface area contributed by atoms with Crippen molar-refractivity contribution < 1.29 is 37.0 Å². The van der Waals surface area contributed by atoms with E-state index in [-0.39, 0.29) is 26.2 Å². The van der Waals surface area contributed by atoms with Gasteiger partial charge in [-0.05, 0) is 30.3 Å². The van der Waals surface area contributed by atoms with Crippen LogP contribution in [-0.2, 0) is 10.9 Å². The van der Waals surface area contributed by atoms with Gasteiger partial charge in [-0.15, -0.1) is 0 Å². The maximum Gasteiger partial charge on any atom is 0.416 e. The van der Waals surface area contributed by atoms with Crippen LogP contribution in [0.5, 0.6) is 0 Å². The second-order valence-electron chi connectivity index (χ2n) is 7.65. The number of aliphatic hydroxyl groups is 1. The summed E-state index contributed by atoms with van der Waals surface area (Å²) in [6.07, 6.45) is -4.35. The number of aromatic nitrogens is 1. The number of anilines is 2. The first-order valence-electron chi connectivity index (χ1n) is 10.1. The fourth-order valence-electron chi connectivity index (χ4n) is 3.73. The number of carbonyl (C=O) groups is 2. The predicted octanol–water partition coefficient (Wildman–Crippen LogP) is 2.52. The van der Waals surface area contributed by atoms with Crippen molar-refractivity contribution in [2.75, 3.05) is 49.1 Å². The highest BCUT2D eigenvalue weighted by Gasteiger charge is 2.34. The fraction of sp³-hybridized carbons (Fsp3) is 0.381. The highest BCUT2D eigenvalue weighted by atomic mass is 19.4. The molecule has 0 spiro atoms. The average Bonchev–Trinajstić information content (AvgIpc) is 3.19. The van der Waals surface area contributed by atoms with E-state index >= 15 is 0 Å². The zero-order valence-electron chi connectivity index (χ0n) is 17.3. The van der Waals surface area contributed by atoms with Crippen LogP contribution in [0, 0.1) is 5.82 Å². The predicted molar refractivity (Wildman–Crippen MR) is 108 cm³/mol. The summed E-state index contributed by atoms with van der Waals surface area (Å²) in [4.78, 5) is 33.4. The molecule has 0 radical (unpaired) electrons. The molecule has 4 rings (SSSR count). The van der Waals surface area contributed by atoms with Gasteiger partial charge in [0.05, 0.1) is 36.2 Å². The minimum Gasteiger partial charge on any atom is -0.441 e. The van der Waals surface area contributed by atoms with Crippen LogP contribution in [0.25, 0.3) is 0 Å². The minimum atomic E-state index is -4.68. The molecule has 0 bridgehead atoms. The Labute approximate surface area is 186 Å². The molecule has 0 aliphatic carbocycles. The Hall–Kier alpha value is -3.41. The lowest BCUT2D eigenvalue weighted by Crippen LogP contribution is -2.49. The number of benzene rings is 1. The number of piperazine rings is 1. The molecule has 176 valence electrons. The van der Waals surface area contributed by atoms with E-state index in [0.29, 0.717) is 42.8 Å². The summed E-state index contributed by atoms with van der Waals surface area (Å²) < 4.78 is 57.8. The molecule has 2 aliphatic heterocycles. The van der Waals surface area contributed by atoms with Crippen LogP contribution in [0.2, 0.25) is 0 Å². The molecule has 33 heavy (non-hydrogen) atoms. The van der Waals surface area contributed by atoms with Gasteiger partial charge in [0, 0.05) is 26.2 Å². The summed E-state index contributed by atoms with van der Waals surface area (Å²) in [7, 11) is 0. The van der Waals surface area contributed by atoms with E-state index < -0.39 is 41.2 Å². The van der Waals surface area contributed by atoms with Crippen LogP contribution < -0.4 is 9.80 Å². The van der Waals surface area contributed by atoms with Crippen molar-refractivity contribution in [2.24, 2.45) is 0 Å². The smallest absolute Gasteiger partial charge is 0.416 e. The maximum absolute atomic E-state index is 14.1.